The van der Waals surface area contributed by atoms with E-state index >= 15 is 4.39 Å². The van der Waals surface area contributed by atoms with Crippen molar-refractivity contribution in [2.24, 2.45) is 5.92 Å². The number of hydrogen-bond acceptors (Lipinski definition) is 5. The fraction of sp³-hybridized carbons (Fsp3) is 0.345. The van der Waals surface area contributed by atoms with Gasteiger partial charge in [0.25, 0.3) is 0 Å². The summed E-state index contributed by atoms with van der Waals surface area (Å²) in [5.74, 6) is -0.800. The highest BCUT2D eigenvalue weighted by atomic mass is 35.5. The molecular weight excluding hydrogens is 526 g/mol. The fourth-order valence-electron chi connectivity index (χ4n) is 5.37. The molecule has 204 valence electrons. The molecule has 3 heterocycles. The Labute approximate surface area is 230 Å². The van der Waals surface area contributed by atoms with E-state index in [-0.39, 0.29) is 30.7 Å². The molecule has 2 saturated heterocycles. The molecule has 1 aromatic heterocycles. The molecule has 3 aromatic rings. The predicted octanol–water partition coefficient (Wildman–Crippen LogP) is 5.16. The maximum atomic E-state index is 15.4. The lowest BCUT2D eigenvalue weighted by atomic mass is 9.93. The van der Waals surface area contributed by atoms with Crippen LogP contribution in [0.4, 0.5) is 19.4 Å². The molecular formula is C29H29ClF2N4O3. The van der Waals surface area contributed by atoms with Crippen LogP contribution in [0, 0.1) is 11.7 Å². The maximum Gasteiger partial charge on any atom is 0.415 e. The van der Waals surface area contributed by atoms with Crippen molar-refractivity contribution in [1.29, 1.82) is 0 Å². The van der Waals surface area contributed by atoms with Crippen molar-refractivity contribution in [3.05, 3.63) is 89.3 Å². The molecule has 0 radical (unpaired) electrons. The van der Waals surface area contributed by atoms with Gasteiger partial charge in [-0.25, -0.2) is 18.6 Å². The molecule has 2 amide bonds. The average Bonchev–Trinajstić information content (AvgIpc) is 3.40. The zero-order chi connectivity index (χ0) is 27.5. The zero-order valence-corrected chi connectivity index (χ0v) is 22.2. The van der Waals surface area contributed by atoms with Gasteiger partial charge in [0, 0.05) is 43.8 Å². The van der Waals surface area contributed by atoms with Crippen molar-refractivity contribution in [3.8, 4) is 5.75 Å². The lowest BCUT2D eigenvalue weighted by Crippen LogP contribution is -2.49. The van der Waals surface area contributed by atoms with Gasteiger partial charge in [-0.2, -0.15) is 0 Å². The molecule has 10 heteroatoms. The summed E-state index contributed by atoms with van der Waals surface area (Å²) in [6, 6.07) is 17.5. The maximum absolute atomic E-state index is 15.4. The van der Waals surface area contributed by atoms with Gasteiger partial charge in [0.15, 0.2) is 0 Å². The molecule has 5 rings (SSSR count). The number of carbonyl (C=O) groups is 2. The van der Waals surface area contributed by atoms with Crippen LogP contribution in [0.25, 0.3) is 0 Å². The third-order valence-electron chi connectivity index (χ3n) is 7.53. The summed E-state index contributed by atoms with van der Waals surface area (Å²) in [5.41, 5.74) is 0.905. The quantitative estimate of drug-likeness (QED) is 0.436. The van der Waals surface area contributed by atoms with Crippen molar-refractivity contribution < 1.29 is 23.1 Å². The molecule has 0 aliphatic carbocycles. The summed E-state index contributed by atoms with van der Waals surface area (Å²) in [7, 11) is 1.61. The minimum absolute atomic E-state index is 0.0925. The molecule has 0 saturated carbocycles. The van der Waals surface area contributed by atoms with Crippen molar-refractivity contribution in [1.82, 2.24) is 14.8 Å². The first-order valence-corrected chi connectivity index (χ1v) is 13.2. The molecule has 2 fully saturated rings. The van der Waals surface area contributed by atoms with Crippen LogP contribution in [-0.2, 0) is 4.79 Å². The summed E-state index contributed by atoms with van der Waals surface area (Å²) in [4.78, 5) is 35.9. The number of piperidine rings is 1. The van der Waals surface area contributed by atoms with Crippen LogP contribution < -0.4 is 9.64 Å². The Morgan fingerprint density at radius 1 is 1.03 bits per heavy atom. The Bertz CT molecular complexity index is 1300. The van der Waals surface area contributed by atoms with E-state index in [4.69, 9.17) is 16.3 Å². The lowest BCUT2D eigenvalue weighted by Gasteiger charge is -2.36. The smallest absolute Gasteiger partial charge is 0.410 e. The Hall–Kier alpha value is -3.72. The molecule has 2 aliphatic rings. The van der Waals surface area contributed by atoms with Crippen LogP contribution in [0.3, 0.4) is 0 Å². The number of benzene rings is 2. The van der Waals surface area contributed by atoms with Crippen LogP contribution in [0.15, 0.2) is 72.9 Å². The normalized spacial score (nSPS) is 23.0. The number of alkyl halides is 1. The number of nitrogens with zero attached hydrogens (tertiary/aromatic N) is 4. The van der Waals surface area contributed by atoms with E-state index in [0.717, 1.165) is 5.56 Å². The number of halogens is 3. The second kappa shape index (κ2) is 11.6. The molecule has 0 bridgehead atoms. The first-order valence-electron chi connectivity index (χ1n) is 12.8. The molecule has 0 spiro atoms. The Morgan fingerprint density at radius 2 is 1.77 bits per heavy atom. The second-order valence-electron chi connectivity index (χ2n) is 9.95. The number of hydrogen-bond donors (Lipinski definition) is 0. The number of pyridine rings is 1. The third-order valence-corrected chi connectivity index (χ3v) is 7.79. The number of aromatic nitrogens is 1. The van der Waals surface area contributed by atoms with E-state index in [1.807, 2.05) is 29.2 Å². The van der Waals surface area contributed by atoms with E-state index in [2.05, 4.69) is 4.98 Å². The number of anilines is 1. The van der Waals surface area contributed by atoms with Gasteiger partial charge in [0.2, 0.25) is 5.91 Å². The van der Waals surface area contributed by atoms with Gasteiger partial charge in [-0.3, -0.25) is 4.79 Å². The summed E-state index contributed by atoms with van der Waals surface area (Å²) in [5, 5.41) is 0.574. The van der Waals surface area contributed by atoms with E-state index in [9.17, 15) is 14.0 Å². The van der Waals surface area contributed by atoms with Gasteiger partial charge in [0.1, 0.15) is 23.6 Å². The summed E-state index contributed by atoms with van der Waals surface area (Å²) in [6.45, 7) is 1.17. The summed E-state index contributed by atoms with van der Waals surface area (Å²) < 4.78 is 34.1. The zero-order valence-electron chi connectivity index (χ0n) is 21.4. The molecule has 2 aliphatic heterocycles. The first kappa shape index (κ1) is 26.9. The van der Waals surface area contributed by atoms with Gasteiger partial charge in [-0.05, 0) is 60.5 Å². The lowest BCUT2D eigenvalue weighted by molar-refractivity contribution is -0.137. The highest BCUT2D eigenvalue weighted by molar-refractivity contribution is 6.30. The largest absolute Gasteiger partial charge is 0.415 e. The van der Waals surface area contributed by atoms with Crippen molar-refractivity contribution >= 4 is 29.4 Å². The van der Waals surface area contributed by atoms with Gasteiger partial charge < -0.3 is 19.4 Å². The Morgan fingerprint density at radius 3 is 2.44 bits per heavy atom. The van der Waals surface area contributed by atoms with Crippen LogP contribution in [0.5, 0.6) is 5.75 Å². The Kier molecular flexibility index (Phi) is 7.97. The minimum atomic E-state index is -1.34. The average molecular weight is 555 g/mol. The molecule has 7 nitrogen and oxygen atoms in total. The SMILES string of the molecule is CN(C(=O)Oc1ccc(F)cc1)[C@@H]1CN(C(=O)C2CCN(c3ccccn3)CC2F)C[C@H]1c1ccc(Cl)cc1. The van der Waals surface area contributed by atoms with E-state index in [1.54, 1.807) is 36.3 Å². The van der Waals surface area contributed by atoms with Crippen molar-refractivity contribution in [2.75, 3.05) is 38.1 Å². The van der Waals surface area contributed by atoms with E-state index in [0.29, 0.717) is 30.4 Å². The molecule has 2 aromatic carbocycles. The third kappa shape index (κ3) is 5.98. The molecule has 39 heavy (non-hydrogen) atoms. The highest BCUT2D eigenvalue weighted by Gasteiger charge is 2.44. The molecule has 2 unspecified atom stereocenters. The minimum Gasteiger partial charge on any atom is -0.410 e. The van der Waals surface area contributed by atoms with Crippen LogP contribution >= 0.6 is 11.6 Å². The monoisotopic (exact) mass is 554 g/mol. The summed E-state index contributed by atoms with van der Waals surface area (Å²) >= 11 is 6.10. The number of carbonyl (C=O) groups excluding carboxylic acids is 2. The van der Waals surface area contributed by atoms with Crippen LogP contribution in [0.1, 0.15) is 17.9 Å². The van der Waals surface area contributed by atoms with Crippen LogP contribution in [0.2, 0.25) is 5.02 Å². The van der Waals surface area contributed by atoms with E-state index in [1.165, 1.54) is 29.2 Å². The van der Waals surface area contributed by atoms with Gasteiger partial charge in [-0.1, -0.05) is 29.8 Å². The van der Waals surface area contributed by atoms with Crippen LogP contribution in [-0.4, -0.2) is 72.2 Å². The van der Waals surface area contributed by atoms with Gasteiger partial charge >= 0.3 is 6.09 Å². The first-order chi connectivity index (χ1) is 18.8. The standard InChI is InChI=1S/C29H29ClF2N4O3/c1-34(29(38)39-22-11-9-21(31)10-12-22)26-18-36(16-24(26)19-5-7-20(30)8-6-19)28(37)23-13-15-35(17-25(23)32)27-4-2-3-14-33-27/h2-12,14,23-26H,13,15-18H2,1H3/t23?,24-,25?,26+/m0/s1. The number of likely N-dealkylation sites (tertiary alicyclic amines) is 1. The Balaban J connectivity index is 1.31. The highest BCUT2D eigenvalue weighted by Crippen LogP contribution is 2.35. The van der Waals surface area contributed by atoms with E-state index < -0.39 is 30.0 Å². The van der Waals surface area contributed by atoms with Gasteiger partial charge in [0.05, 0.1) is 18.5 Å². The van der Waals surface area contributed by atoms with Crippen molar-refractivity contribution in [2.45, 2.75) is 24.6 Å². The number of amides is 2. The second-order valence-corrected chi connectivity index (χ2v) is 10.4. The predicted molar refractivity (Wildman–Crippen MR) is 144 cm³/mol. The number of ether oxygens (including phenoxy) is 1. The molecule has 4 atom stereocenters. The number of rotatable bonds is 5. The van der Waals surface area contributed by atoms with Gasteiger partial charge in [-0.15, -0.1) is 0 Å². The fourth-order valence-corrected chi connectivity index (χ4v) is 5.50. The van der Waals surface area contributed by atoms with Crippen molar-refractivity contribution in [3.63, 3.8) is 0 Å². The molecule has 0 N–H and O–H groups in total. The number of likely N-dealkylation sites (N-methyl/N-ethyl adjacent to an activating group) is 1. The topological polar surface area (TPSA) is 66.0 Å². The summed E-state index contributed by atoms with van der Waals surface area (Å²) in [6.07, 6.45) is 0.0548.